The van der Waals surface area contributed by atoms with Gasteiger partial charge in [0.1, 0.15) is 12.3 Å². The summed E-state index contributed by atoms with van der Waals surface area (Å²) in [5.74, 6) is -1.44. The molecule has 0 unspecified atom stereocenters. The van der Waals surface area contributed by atoms with Gasteiger partial charge in [-0.25, -0.2) is 4.79 Å². The summed E-state index contributed by atoms with van der Waals surface area (Å²) in [6.07, 6.45) is 0.934. The lowest BCUT2D eigenvalue weighted by Crippen LogP contribution is -2.36. The summed E-state index contributed by atoms with van der Waals surface area (Å²) in [5, 5.41) is 2.75. The smallest absolute Gasteiger partial charge is 0.331 e. The zero-order chi connectivity index (χ0) is 19.1. The van der Waals surface area contributed by atoms with Crippen LogP contribution < -0.4 is 10.1 Å². The van der Waals surface area contributed by atoms with E-state index >= 15 is 0 Å². The molecule has 0 spiro atoms. The van der Waals surface area contributed by atoms with Crippen LogP contribution in [0.3, 0.4) is 0 Å². The molecular formula is C20H16N2O5. The van der Waals surface area contributed by atoms with Crippen molar-refractivity contribution in [2.45, 2.75) is 19.8 Å². The SMILES string of the molecule is Cc1ccc2c(c1)C(=O)N(CC(=O)Oc1ccc3c(c1)CCC(=O)N3)C2=O. The van der Waals surface area contributed by atoms with Crippen LogP contribution in [0.1, 0.15) is 38.3 Å². The van der Waals surface area contributed by atoms with E-state index in [1.165, 1.54) is 0 Å². The molecule has 2 aliphatic rings. The Bertz CT molecular complexity index is 1010. The molecule has 2 aromatic rings. The van der Waals surface area contributed by atoms with Gasteiger partial charge in [-0.3, -0.25) is 19.3 Å². The predicted octanol–water partition coefficient (Wildman–Crippen LogP) is 2.08. The highest BCUT2D eigenvalue weighted by molar-refractivity contribution is 6.22. The number of nitrogens with zero attached hydrogens (tertiary/aromatic N) is 1. The Hall–Kier alpha value is -3.48. The Morgan fingerprint density at radius 3 is 2.63 bits per heavy atom. The minimum absolute atomic E-state index is 0.0481. The number of nitrogens with one attached hydrogen (secondary N) is 1. The quantitative estimate of drug-likeness (QED) is 0.511. The second-order valence-corrected chi connectivity index (χ2v) is 6.59. The van der Waals surface area contributed by atoms with Gasteiger partial charge in [0.05, 0.1) is 11.1 Å². The molecule has 2 heterocycles. The van der Waals surface area contributed by atoms with E-state index in [-0.39, 0.29) is 5.91 Å². The number of anilines is 1. The Balaban J connectivity index is 1.47. The summed E-state index contributed by atoms with van der Waals surface area (Å²) in [7, 11) is 0. The second-order valence-electron chi connectivity index (χ2n) is 6.59. The molecule has 3 amide bonds. The van der Waals surface area contributed by atoms with Crippen LogP contribution in [-0.4, -0.2) is 35.1 Å². The van der Waals surface area contributed by atoms with Gasteiger partial charge in [0.25, 0.3) is 11.8 Å². The average Bonchev–Trinajstić information content (AvgIpc) is 2.86. The maximum absolute atomic E-state index is 12.4. The third-order valence-corrected chi connectivity index (χ3v) is 4.62. The molecule has 7 heteroatoms. The van der Waals surface area contributed by atoms with E-state index in [2.05, 4.69) is 5.32 Å². The number of aryl methyl sites for hydroxylation is 2. The van der Waals surface area contributed by atoms with Crippen LogP contribution in [0.4, 0.5) is 5.69 Å². The first kappa shape index (κ1) is 17.0. The lowest BCUT2D eigenvalue weighted by atomic mass is 10.0. The molecule has 0 fully saturated rings. The molecule has 0 saturated heterocycles. The molecule has 0 atom stereocenters. The number of hydrogen-bond donors (Lipinski definition) is 1. The van der Waals surface area contributed by atoms with Gasteiger partial charge >= 0.3 is 5.97 Å². The first-order valence-corrected chi connectivity index (χ1v) is 8.52. The number of fused-ring (bicyclic) bond motifs is 2. The number of carbonyl (C=O) groups is 4. The number of carbonyl (C=O) groups excluding carboxylic acids is 4. The van der Waals surface area contributed by atoms with Crippen LogP contribution in [0.25, 0.3) is 0 Å². The molecule has 0 aromatic heterocycles. The average molecular weight is 364 g/mol. The van der Waals surface area contributed by atoms with Gasteiger partial charge in [0.2, 0.25) is 5.91 Å². The molecule has 136 valence electrons. The van der Waals surface area contributed by atoms with Crippen molar-refractivity contribution in [2.75, 3.05) is 11.9 Å². The Morgan fingerprint density at radius 2 is 1.81 bits per heavy atom. The van der Waals surface area contributed by atoms with E-state index in [0.29, 0.717) is 35.4 Å². The van der Waals surface area contributed by atoms with Gasteiger partial charge in [0, 0.05) is 12.1 Å². The monoisotopic (exact) mass is 364 g/mol. The van der Waals surface area contributed by atoms with Crippen molar-refractivity contribution >= 4 is 29.4 Å². The Morgan fingerprint density at radius 1 is 1.04 bits per heavy atom. The van der Waals surface area contributed by atoms with Gasteiger partial charge in [-0.05, 0) is 49.2 Å². The van der Waals surface area contributed by atoms with E-state index in [1.807, 2.05) is 6.92 Å². The topological polar surface area (TPSA) is 92.8 Å². The summed E-state index contributed by atoms with van der Waals surface area (Å²) in [6, 6.07) is 9.89. The lowest BCUT2D eigenvalue weighted by Gasteiger charge is -2.18. The van der Waals surface area contributed by atoms with Crippen molar-refractivity contribution in [3.63, 3.8) is 0 Å². The summed E-state index contributed by atoms with van der Waals surface area (Å²) in [6.45, 7) is 1.37. The lowest BCUT2D eigenvalue weighted by molar-refractivity contribution is -0.134. The molecule has 7 nitrogen and oxygen atoms in total. The van der Waals surface area contributed by atoms with Gasteiger partial charge in [-0.15, -0.1) is 0 Å². The second kappa shape index (κ2) is 6.35. The van der Waals surface area contributed by atoms with Crippen LogP contribution in [0.5, 0.6) is 5.75 Å². The van der Waals surface area contributed by atoms with Crippen molar-refractivity contribution in [3.8, 4) is 5.75 Å². The molecule has 0 radical (unpaired) electrons. The van der Waals surface area contributed by atoms with Crippen molar-refractivity contribution in [3.05, 3.63) is 58.7 Å². The number of benzene rings is 2. The van der Waals surface area contributed by atoms with Crippen molar-refractivity contribution < 1.29 is 23.9 Å². The first-order chi connectivity index (χ1) is 12.9. The van der Waals surface area contributed by atoms with E-state index in [1.54, 1.807) is 36.4 Å². The van der Waals surface area contributed by atoms with Crippen molar-refractivity contribution in [1.29, 1.82) is 0 Å². The molecule has 2 aliphatic heterocycles. The van der Waals surface area contributed by atoms with E-state index in [9.17, 15) is 19.2 Å². The molecule has 27 heavy (non-hydrogen) atoms. The molecular weight excluding hydrogens is 348 g/mol. The zero-order valence-corrected chi connectivity index (χ0v) is 14.6. The fourth-order valence-corrected chi connectivity index (χ4v) is 3.26. The summed E-state index contributed by atoms with van der Waals surface area (Å²) in [5.41, 5.74) is 3.03. The third kappa shape index (κ3) is 3.08. The van der Waals surface area contributed by atoms with Crippen LogP contribution in [-0.2, 0) is 16.0 Å². The van der Waals surface area contributed by atoms with E-state index < -0.39 is 24.3 Å². The predicted molar refractivity (Wildman–Crippen MR) is 95.6 cm³/mol. The number of esters is 1. The fraction of sp³-hybridized carbons (Fsp3) is 0.200. The molecule has 4 rings (SSSR count). The van der Waals surface area contributed by atoms with Crippen LogP contribution in [0, 0.1) is 6.92 Å². The van der Waals surface area contributed by atoms with Gasteiger partial charge in [-0.2, -0.15) is 0 Å². The van der Waals surface area contributed by atoms with Gasteiger partial charge in [0.15, 0.2) is 0 Å². The molecule has 0 saturated carbocycles. The fourth-order valence-electron chi connectivity index (χ4n) is 3.26. The van der Waals surface area contributed by atoms with E-state index in [4.69, 9.17) is 4.74 Å². The maximum Gasteiger partial charge on any atom is 0.331 e. The zero-order valence-electron chi connectivity index (χ0n) is 14.6. The van der Waals surface area contributed by atoms with Crippen LogP contribution in [0.2, 0.25) is 0 Å². The highest BCUT2D eigenvalue weighted by atomic mass is 16.5. The summed E-state index contributed by atoms with van der Waals surface area (Å²) in [4.78, 5) is 49.4. The molecule has 0 bridgehead atoms. The number of amides is 3. The van der Waals surface area contributed by atoms with Crippen LogP contribution in [0.15, 0.2) is 36.4 Å². The van der Waals surface area contributed by atoms with Gasteiger partial charge in [-0.1, -0.05) is 11.6 Å². The minimum atomic E-state index is -0.707. The third-order valence-electron chi connectivity index (χ3n) is 4.62. The number of imide groups is 1. The number of rotatable bonds is 3. The standard InChI is InChI=1S/C20H16N2O5/c1-11-2-5-14-15(8-11)20(26)22(19(14)25)10-18(24)27-13-4-6-16-12(9-13)3-7-17(23)21-16/h2,4-6,8-9H,3,7,10H2,1H3,(H,21,23). The van der Waals surface area contributed by atoms with E-state index in [0.717, 1.165) is 16.0 Å². The molecule has 2 aromatic carbocycles. The number of hydrogen-bond acceptors (Lipinski definition) is 5. The maximum atomic E-state index is 12.4. The Kier molecular flexibility index (Phi) is 3.99. The van der Waals surface area contributed by atoms with Crippen molar-refractivity contribution in [2.24, 2.45) is 0 Å². The highest BCUT2D eigenvalue weighted by Crippen LogP contribution is 2.27. The molecule has 0 aliphatic carbocycles. The number of ether oxygens (including phenoxy) is 1. The summed E-state index contributed by atoms with van der Waals surface area (Å²) >= 11 is 0. The van der Waals surface area contributed by atoms with Gasteiger partial charge < -0.3 is 10.1 Å². The minimum Gasteiger partial charge on any atom is -0.425 e. The normalized spacial score (nSPS) is 15.3. The molecule has 1 N–H and O–H groups in total. The highest BCUT2D eigenvalue weighted by Gasteiger charge is 2.37. The summed E-state index contributed by atoms with van der Waals surface area (Å²) < 4.78 is 5.29. The van der Waals surface area contributed by atoms with Crippen LogP contribution >= 0.6 is 0 Å². The van der Waals surface area contributed by atoms with Crippen molar-refractivity contribution in [1.82, 2.24) is 4.90 Å². The first-order valence-electron chi connectivity index (χ1n) is 8.52. The largest absolute Gasteiger partial charge is 0.425 e. The Labute approximate surface area is 154 Å².